The van der Waals surface area contributed by atoms with Crippen LogP contribution >= 0.6 is 0 Å². The molecule has 176 valence electrons. The molecule has 0 saturated heterocycles. The molecular weight excluding hydrogens is 446 g/mol. The number of aliphatic hydroxyl groups is 1. The molecule has 2 aromatic rings. The summed E-state index contributed by atoms with van der Waals surface area (Å²) in [6, 6.07) is 0.577. The fraction of sp³-hybridized carbons (Fsp3) is 0.632. The SMILES string of the molecule is Nc1cc(C(F)(F)F)c2nc1-c1nnc(o1)[C@@](O)(C(F)(F)F)CCCCC[C@@H](C1CC1)O2. The Morgan fingerprint density at radius 2 is 1.75 bits per heavy atom. The van der Waals surface area contributed by atoms with Gasteiger partial charge in [0.25, 0.3) is 11.8 Å². The van der Waals surface area contributed by atoms with Gasteiger partial charge in [0.05, 0.1) is 5.69 Å². The number of nitrogen functional groups attached to an aromatic ring is 1. The Kier molecular flexibility index (Phi) is 5.50. The number of rotatable bonds is 1. The zero-order valence-corrected chi connectivity index (χ0v) is 16.6. The van der Waals surface area contributed by atoms with Crippen LogP contribution in [0.2, 0.25) is 0 Å². The first-order chi connectivity index (χ1) is 14.9. The molecule has 0 radical (unpaired) electrons. The number of halogens is 6. The van der Waals surface area contributed by atoms with Gasteiger partial charge >= 0.3 is 12.4 Å². The predicted octanol–water partition coefficient (Wildman–Crippen LogP) is 4.60. The summed E-state index contributed by atoms with van der Waals surface area (Å²) in [5.74, 6) is -2.49. The molecule has 0 unspecified atom stereocenters. The van der Waals surface area contributed by atoms with Crippen LogP contribution in [0.25, 0.3) is 11.6 Å². The number of alkyl halides is 6. The van der Waals surface area contributed by atoms with E-state index in [4.69, 9.17) is 14.9 Å². The fourth-order valence-corrected chi connectivity index (χ4v) is 3.74. The molecule has 7 nitrogen and oxygen atoms in total. The number of pyridine rings is 1. The lowest BCUT2D eigenvalue weighted by molar-refractivity contribution is -0.277. The van der Waals surface area contributed by atoms with Crippen molar-refractivity contribution in [3.63, 3.8) is 0 Å². The summed E-state index contributed by atoms with van der Waals surface area (Å²) in [7, 11) is 0. The van der Waals surface area contributed by atoms with E-state index in [1.165, 1.54) is 0 Å². The van der Waals surface area contributed by atoms with Gasteiger partial charge < -0.3 is 20.0 Å². The van der Waals surface area contributed by atoms with Crippen molar-refractivity contribution >= 4 is 5.69 Å². The second-order valence-corrected chi connectivity index (χ2v) is 8.14. The van der Waals surface area contributed by atoms with Gasteiger partial charge in [-0.25, -0.2) is 4.98 Å². The molecule has 3 heterocycles. The van der Waals surface area contributed by atoms with Crippen LogP contribution in [0.1, 0.15) is 56.4 Å². The van der Waals surface area contributed by atoms with E-state index >= 15 is 0 Å². The summed E-state index contributed by atoms with van der Waals surface area (Å²) >= 11 is 0. The molecule has 0 aromatic carbocycles. The van der Waals surface area contributed by atoms with E-state index in [1.807, 2.05) is 0 Å². The van der Waals surface area contributed by atoms with Crippen LogP contribution in [0.4, 0.5) is 32.0 Å². The number of nitrogens with two attached hydrogens (primary N) is 1. The van der Waals surface area contributed by atoms with Crippen molar-refractivity contribution in [1.82, 2.24) is 15.2 Å². The first-order valence-corrected chi connectivity index (χ1v) is 10.1. The quantitative estimate of drug-likeness (QED) is 0.592. The molecule has 2 atom stereocenters. The lowest BCUT2D eigenvalue weighted by atomic mass is 9.94. The molecule has 0 amide bonds. The molecule has 0 spiro atoms. The first-order valence-electron chi connectivity index (χ1n) is 10.1. The van der Waals surface area contributed by atoms with Gasteiger partial charge in [0.2, 0.25) is 11.5 Å². The Labute approximate surface area is 178 Å². The molecule has 4 rings (SSSR count). The molecular formula is C19H20F6N4O3. The molecule has 32 heavy (non-hydrogen) atoms. The van der Waals surface area contributed by atoms with Crippen molar-refractivity contribution in [3.8, 4) is 17.5 Å². The van der Waals surface area contributed by atoms with Gasteiger partial charge in [0.15, 0.2) is 5.69 Å². The van der Waals surface area contributed by atoms with Crippen molar-refractivity contribution in [1.29, 1.82) is 0 Å². The second-order valence-electron chi connectivity index (χ2n) is 8.14. The molecule has 13 heteroatoms. The summed E-state index contributed by atoms with van der Waals surface area (Å²) in [4.78, 5) is 3.82. The summed E-state index contributed by atoms with van der Waals surface area (Å²) < 4.78 is 92.5. The Morgan fingerprint density at radius 1 is 1.03 bits per heavy atom. The Bertz CT molecular complexity index is 988. The van der Waals surface area contributed by atoms with Crippen LogP contribution < -0.4 is 10.5 Å². The number of fused-ring (bicyclic) bond motifs is 5. The summed E-state index contributed by atoms with van der Waals surface area (Å²) in [5.41, 5.74) is 0.0955. The van der Waals surface area contributed by atoms with Gasteiger partial charge in [-0.15, -0.1) is 10.2 Å². The van der Waals surface area contributed by atoms with E-state index in [0.717, 1.165) is 12.8 Å². The molecule has 2 aromatic heterocycles. The zero-order chi connectivity index (χ0) is 23.3. The maximum absolute atomic E-state index is 13.7. The summed E-state index contributed by atoms with van der Waals surface area (Å²) in [6.07, 6.45) is -8.69. The van der Waals surface area contributed by atoms with Crippen LogP contribution in [0.3, 0.4) is 0 Å². The van der Waals surface area contributed by atoms with E-state index in [2.05, 4.69) is 15.2 Å². The van der Waals surface area contributed by atoms with Gasteiger partial charge in [-0.2, -0.15) is 26.3 Å². The highest BCUT2D eigenvalue weighted by molar-refractivity contribution is 5.68. The van der Waals surface area contributed by atoms with E-state index in [0.29, 0.717) is 25.3 Å². The van der Waals surface area contributed by atoms with Crippen LogP contribution in [0, 0.1) is 5.92 Å². The minimum Gasteiger partial charge on any atom is -0.474 e. The third-order valence-electron chi connectivity index (χ3n) is 5.71. The van der Waals surface area contributed by atoms with Crippen molar-refractivity contribution < 1.29 is 40.6 Å². The molecule has 2 aliphatic rings. The van der Waals surface area contributed by atoms with Crippen molar-refractivity contribution in [2.24, 2.45) is 5.92 Å². The number of nitrogens with zero attached hydrogens (tertiary/aromatic N) is 3. The second kappa shape index (κ2) is 7.78. The lowest BCUT2D eigenvalue weighted by Gasteiger charge is -2.27. The van der Waals surface area contributed by atoms with Gasteiger partial charge in [0.1, 0.15) is 11.7 Å². The van der Waals surface area contributed by atoms with E-state index in [1.54, 1.807) is 0 Å². The normalized spacial score (nSPS) is 25.2. The molecule has 1 aliphatic carbocycles. The minimum atomic E-state index is -5.11. The van der Waals surface area contributed by atoms with E-state index in [9.17, 15) is 31.4 Å². The fourth-order valence-electron chi connectivity index (χ4n) is 3.74. The number of anilines is 1. The Balaban J connectivity index is 1.84. The molecule has 1 saturated carbocycles. The van der Waals surface area contributed by atoms with E-state index < -0.39 is 65.1 Å². The maximum atomic E-state index is 13.7. The lowest BCUT2D eigenvalue weighted by Crippen LogP contribution is -2.42. The van der Waals surface area contributed by atoms with Gasteiger partial charge in [-0.3, -0.25) is 0 Å². The molecule has 1 aliphatic heterocycles. The largest absolute Gasteiger partial charge is 0.474 e. The predicted molar refractivity (Wildman–Crippen MR) is 97.1 cm³/mol. The van der Waals surface area contributed by atoms with Crippen molar-refractivity contribution in [2.75, 3.05) is 5.73 Å². The van der Waals surface area contributed by atoms with Gasteiger partial charge in [-0.05, 0) is 50.5 Å². The summed E-state index contributed by atoms with van der Waals surface area (Å²) in [6.45, 7) is 0. The first kappa shape index (κ1) is 22.6. The standard InChI is InChI=1S/C19H20F6N4O3/c20-18(21,22)10-8-11(26)13-15-28-29-16(32-15)17(30,19(23,24)25)7-3-1-2-4-12(9-5-6-9)31-14(10)27-13/h8-9,12,30H,1-7,26H2/t12-,17+/m0/s1. The Hall–Kier alpha value is -2.57. The number of ether oxygens (including phenoxy) is 1. The monoisotopic (exact) mass is 466 g/mol. The number of hydrogen-bond acceptors (Lipinski definition) is 7. The van der Waals surface area contributed by atoms with Crippen molar-refractivity contribution in [2.45, 2.75) is 69.0 Å². The average Bonchev–Trinajstić information content (AvgIpc) is 3.41. The third kappa shape index (κ3) is 4.21. The van der Waals surface area contributed by atoms with Crippen LogP contribution in [-0.2, 0) is 11.8 Å². The number of hydrogen-bond donors (Lipinski definition) is 2. The topological polar surface area (TPSA) is 107 Å². The Morgan fingerprint density at radius 3 is 2.38 bits per heavy atom. The maximum Gasteiger partial charge on any atom is 0.426 e. The highest BCUT2D eigenvalue weighted by Gasteiger charge is 2.58. The molecule has 1 fully saturated rings. The smallest absolute Gasteiger partial charge is 0.426 e. The summed E-state index contributed by atoms with van der Waals surface area (Å²) in [5, 5.41) is 17.1. The van der Waals surface area contributed by atoms with Crippen LogP contribution in [0.5, 0.6) is 5.88 Å². The minimum absolute atomic E-state index is 0.0232. The van der Waals surface area contributed by atoms with Crippen LogP contribution in [0.15, 0.2) is 10.5 Å². The van der Waals surface area contributed by atoms with Gasteiger partial charge in [-0.1, -0.05) is 6.42 Å². The third-order valence-corrected chi connectivity index (χ3v) is 5.71. The molecule has 4 bridgehead atoms. The highest BCUT2D eigenvalue weighted by atomic mass is 19.4. The highest BCUT2D eigenvalue weighted by Crippen LogP contribution is 2.45. The average molecular weight is 466 g/mol. The number of aromatic nitrogens is 3. The van der Waals surface area contributed by atoms with E-state index in [-0.39, 0.29) is 12.3 Å². The zero-order valence-electron chi connectivity index (χ0n) is 16.6. The molecule has 3 N–H and O–H groups in total. The van der Waals surface area contributed by atoms with Crippen LogP contribution in [-0.4, -0.2) is 32.6 Å². The van der Waals surface area contributed by atoms with Gasteiger partial charge in [0, 0.05) is 0 Å². The van der Waals surface area contributed by atoms with Crippen molar-refractivity contribution in [3.05, 3.63) is 17.5 Å².